The minimum atomic E-state index is 0.851. The van der Waals surface area contributed by atoms with Crippen LogP contribution in [0.25, 0.3) is 53.2 Å². The Morgan fingerprint density at radius 3 is 1.32 bits per heavy atom. The Morgan fingerprint density at radius 1 is 0.351 bits per heavy atom. The molecule has 0 saturated carbocycles. The summed E-state index contributed by atoms with van der Waals surface area (Å²) in [5.41, 5.74) is 11.1. The largest absolute Gasteiger partial charge is 0.453 e. The number of ether oxygens (including phenoxy) is 2. The lowest BCUT2D eigenvalue weighted by Crippen LogP contribution is -2.15. The second-order valence-corrected chi connectivity index (χ2v) is 15.5. The average Bonchev–Trinajstić information content (AvgIpc) is 3.68. The molecule has 2 aliphatic heterocycles. The summed E-state index contributed by atoms with van der Waals surface area (Å²) in [5.74, 6) is 3.41. The van der Waals surface area contributed by atoms with E-state index in [1.54, 1.807) is 0 Å². The smallest absolute Gasteiger partial charge is 0.151 e. The number of para-hydroxylation sites is 8. The molecule has 0 N–H and O–H groups in total. The first-order valence-electron chi connectivity index (χ1n) is 19.2. The van der Waals surface area contributed by atoms with E-state index in [4.69, 9.17) is 9.47 Å². The van der Waals surface area contributed by atoms with E-state index in [1.165, 1.54) is 53.2 Å². The van der Waals surface area contributed by atoms with Crippen LogP contribution in [0.15, 0.2) is 194 Å². The molecule has 268 valence electrons. The minimum absolute atomic E-state index is 0.851. The summed E-state index contributed by atoms with van der Waals surface area (Å²) >= 11 is 1.89. The van der Waals surface area contributed by atoms with Crippen molar-refractivity contribution in [3.63, 3.8) is 0 Å². The number of nitrogens with zero attached hydrogens (tertiary/aromatic N) is 2. The molecule has 0 amide bonds. The second kappa shape index (κ2) is 12.6. The molecule has 0 spiro atoms. The molecule has 9 aromatic carbocycles. The van der Waals surface area contributed by atoms with E-state index in [-0.39, 0.29) is 0 Å². The van der Waals surface area contributed by atoms with E-state index < -0.39 is 0 Å². The molecule has 0 fully saturated rings. The highest BCUT2D eigenvalue weighted by Gasteiger charge is 2.27. The highest BCUT2D eigenvalue weighted by atomic mass is 32.1. The second-order valence-electron chi connectivity index (χ2n) is 14.5. The zero-order chi connectivity index (χ0) is 37.5. The van der Waals surface area contributed by atoms with Crippen LogP contribution >= 0.6 is 11.3 Å². The molecule has 12 rings (SSSR count). The van der Waals surface area contributed by atoms with Crippen molar-refractivity contribution in [2.24, 2.45) is 0 Å². The molecule has 2 aliphatic rings. The number of thiophene rings is 1. The average molecular weight is 749 g/mol. The first kappa shape index (κ1) is 32.0. The number of benzene rings is 9. The minimum Gasteiger partial charge on any atom is -0.453 e. The van der Waals surface area contributed by atoms with Crippen LogP contribution in [0.4, 0.5) is 34.1 Å². The molecule has 0 aliphatic carbocycles. The summed E-state index contributed by atoms with van der Waals surface area (Å²) in [6.07, 6.45) is 0. The van der Waals surface area contributed by atoms with Gasteiger partial charge in [-0.05, 0) is 106 Å². The van der Waals surface area contributed by atoms with Crippen LogP contribution in [0, 0.1) is 0 Å². The molecule has 10 aromatic rings. The van der Waals surface area contributed by atoms with Crippen molar-refractivity contribution in [3.8, 4) is 45.3 Å². The maximum Gasteiger partial charge on any atom is 0.151 e. The maximum atomic E-state index is 6.29. The Bertz CT molecular complexity index is 3110. The van der Waals surface area contributed by atoms with Crippen molar-refractivity contribution in [2.45, 2.75) is 0 Å². The van der Waals surface area contributed by atoms with Crippen molar-refractivity contribution >= 4 is 76.4 Å². The van der Waals surface area contributed by atoms with E-state index in [1.807, 2.05) is 59.9 Å². The van der Waals surface area contributed by atoms with Crippen LogP contribution in [-0.4, -0.2) is 0 Å². The highest BCUT2D eigenvalue weighted by molar-refractivity contribution is 7.27. The molecule has 4 nitrogen and oxygen atoms in total. The normalized spacial score (nSPS) is 12.8. The lowest BCUT2D eigenvalue weighted by Gasteiger charge is -2.32. The van der Waals surface area contributed by atoms with Gasteiger partial charge >= 0.3 is 0 Å². The van der Waals surface area contributed by atoms with Crippen molar-refractivity contribution < 1.29 is 9.47 Å². The molecular weight excluding hydrogens is 717 g/mol. The molecule has 57 heavy (non-hydrogen) atoms. The zero-order valence-electron chi connectivity index (χ0n) is 30.6. The van der Waals surface area contributed by atoms with Crippen molar-refractivity contribution in [2.75, 3.05) is 9.80 Å². The molecule has 0 saturated heterocycles. The number of hydrogen-bond donors (Lipinski definition) is 0. The van der Waals surface area contributed by atoms with Crippen molar-refractivity contribution in [1.29, 1.82) is 0 Å². The molecule has 3 heterocycles. The van der Waals surface area contributed by atoms with Gasteiger partial charge < -0.3 is 19.3 Å². The van der Waals surface area contributed by atoms with Crippen LogP contribution in [-0.2, 0) is 0 Å². The predicted octanol–water partition coefficient (Wildman–Crippen LogP) is 15.7. The van der Waals surface area contributed by atoms with E-state index in [0.29, 0.717) is 0 Å². The van der Waals surface area contributed by atoms with Gasteiger partial charge in [-0.2, -0.15) is 0 Å². The first-order chi connectivity index (χ1) is 28.3. The van der Waals surface area contributed by atoms with Crippen LogP contribution in [0.3, 0.4) is 0 Å². The van der Waals surface area contributed by atoms with Gasteiger partial charge in [0.1, 0.15) is 0 Å². The Morgan fingerprint density at radius 2 is 0.789 bits per heavy atom. The molecule has 0 radical (unpaired) electrons. The zero-order valence-corrected chi connectivity index (χ0v) is 31.4. The van der Waals surface area contributed by atoms with Gasteiger partial charge in [0.25, 0.3) is 0 Å². The van der Waals surface area contributed by atoms with E-state index in [0.717, 1.165) is 57.1 Å². The van der Waals surface area contributed by atoms with Crippen LogP contribution in [0.2, 0.25) is 0 Å². The third-order valence-corrected chi connectivity index (χ3v) is 12.5. The molecule has 5 heteroatoms. The summed E-state index contributed by atoms with van der Waals surface area (Å²) < 4.78 is 15.2. The third kappa shape index (κ3) is 4.99. The van der Waals surface area contributed by atoms with Gasteiger partial charge in [0, 0.05) is 37.1 Å². The van der Waals surface area contributed by atoms with Crippen LogP contribution in [0.5, 0.6) is 23.0 Å². The van der Waals surface area contributed by atoms with E-state index in [9.17, 15) is 0 Å². The van der Waals surface area contributed by atoms with Gasteiger partial charge in [-0.15, -0.1) is 11.3 Å². The van der Waals surface area contributed by atoms with Gasteiger partial charge in [0.05, 0.1) is 22.7 Å². The summed E-state index contributed by atoms with van der Waals surface area (Å²) in [6, 6.07) is 68.9. The topological polar surface area (TPSA) is 24.9 Å². The van der Waals surface area contributed by atoms with E-state index >= 15 is 0 Å². The van der Waals surface area contributed by atoms with E-state index in [2.05, 4.69) is 155 Å². The summed E-state index contributed by atoms with van der Waals surface area (Å²) in [4.78, 5) is 4.58. The fourth-order valence-corrected chi connectivity index (χ4v) is 10.0. The van der Waals surface area contributed by atoms with Gasteiger partial charge in [-0.3, -0.25) is 0 Å². The fraction of sp³-hybridized carbons (Fsp3) is 0. The summed E-state index contributed by atoms with van der Waals surface area (Å²) in [5, 5.41) is 5.10. The standard InChI is InChI=1S/C52H32N2O2S/c1-2-13-38-35(12-1)32-41(34-26-30-37(31-27-34)54-44-18-5-9-22-48(44)56-49-23-10-6-19-45(49)54)52-50(38)40-15-11-14-39(51(40)57-52)33-24-28-36(29-25-33)53-42-16-3-7-20-46(42)55-47-21-8-4-17-43(47)53/h1-32H. The van der Waals surface area contributed by atoms with Gasteiger partial charge in [-0.25, -0.2) is 0 Å². The first-order valence-corrected chi connectivity index (χ1v) is 20.0. The molecule has 0 bridgehead atoms. The molecular formula is C52H32N2O2S. The summed E-state index contributed by atoms with van der Waals surface area (Å²) in [7, 11) is 0. The molecule has 1 aromatic heterocycles. The number of fused-ring (bicyclic) bond motifs is 9. The lowest BCUT2D eigenvalue weighted by molar-refractivity contribution is 0.477. The Kier molecular flexibility index (Phi) is 7.06. The van der Waals surface area contributed by atoms with Gasteiger partial charge in [0.15, 0.2) is 23.0 Å². The number of anilines is 6. The van der Waals surface area contributed by atoms with Crippen LogP contribution < -0.4 is 19.3 Å². The molecule has 0 atom stereocenters. The van der Waals surface area contributed by atoms with Crippen LogP contribution in [0.1, 0.15) is 0 Å². The maximum absolute atomic E-state index is 6.29. The highest BCUT2D eigenvalue weighted by Crippen LogP contribution is 2.53. The monoisotopic (exact) mass is 748 g/mol. The number of hydrogen-bond acceptors (Lipinski definition) is 5. The summed E-state index contributed by atoms with van der Waals surface area (Å²) in [6.45, 7) is 0. The lowest BCUT2D eigenvalue weighted by atomic mass is 9.95. The quantitative estimate of drug-likeness (QED) is 0.179. The third-order valence-electron chi connectivity index (χ3n) is 11.2. The van der Waals surface area contributed by atoms with Crippen molar-refractivity contribution in [3.05, 3.63) is 194 Å². The fourth-order valence-electron chi connectivity index (χ4n) is 8.64. The number of rotatable bonds is 4. The van der Waals surface area contributed by atoms with Gasteiger partial charge in [0.2, 0.25) is 0 Å². The van der Waals surface area contributed by atoms with Crippen molar-refractivity contribution in [1.82, 2.24) is 0 Å². The predicted molar refractivity (Wildman–Crippen MR) is 237 cm³/mol. The molecule has 0 unspecified atom stereocenters. The Hall–Kier alpha value is -7.34. The van der Waals surface area contributed by atoms with Gasteiger partial charge in [-0.1, -0.05) is 115 Å². The Balaban J connectivity index is 0.977. The SMILES string of the molecule is c1ccc2c(c1)Oc1ccccc1N2c1ccc(-c2cccc3c2sc2c(-c4ccc(N5c6ccccc6Oc6ccccc65)cc4)cc4ccccc4c23)cc1. The Labute approximate surface area is 333 Å².